The molecule has 3 amide bonds. The predicted octanol–water partition coefficient (Wildman–Crippen LogP) is 3.37. The summed E-state index contributed by atoms with van der Waals surface area (Å²) in [5.74, 6) is -0.396. The summed E-state index contributed by atoms with van der Waals surface area (Å²) in [6.07, 6.45) is 4.98. The molecule has 6 heteroatoms. The Bertz CT molecular complexity index is 685. The average Bonchev–Trinajstić information content (AvgIpc) is 2.80. The van der Waals surface area contributed by atoms with Crippen LogP contribution in [0.1, 0.15) is 44.6 Å². The number of nitrogens with one attached hydrogen (secondary N) is 1. The van der Waals surface area contributed by atoms with Crippen LogP contribution in [-0.2, 0) is 15.1 Å². The van der Waals surface area contributed by atoms with Gasteiger partial charge >= 0.3 is 6.03 Å². The molecule has 1 aromatic rings. The predicted molar refractivity (Wildman–Crippen MR) is 93.3 cm³/mol. The van der Waals surface area contributed by atoms with Gasteiger partial charge in [0.25, 0.3) is 5.91 Å². The highest BCUT2D eigenvalue weighted by atomic mass is 79.9. The Morgan fingerprint density at radius 2 is 1.92 bits per heavy atom. The Hall–Kier alpha value is -1.69. The van der Waals surface area contributed by atoms with Crippen molar-refractivity contribution in [3.05, 3.63) is 34.3 Å². The van der Waals surface area contributed by atoms with Crippen molar-refractivity contribution >= 4 is 33.7 Å². The van der Waals surface area contributed by atoms with Gasteiger partial charge in [-0.25, -0.2) is 4.79 Å². The zero-order chi connectivity index (χ0) is 17.3. The van der Waals surface area contributed by atoms with Crippen LogP contribution in [0.25, 0.3) is 0 Å². The van der Waals surface area contributed by atoms with Crippen LogP contribution in [0.4, 0.5) is 4.79 Å². The molecule has 1 saturated carbocycles. The molecule has 1 N–H and O–H groups in total. The van der Waals surface area contributed by atoms with E-state index in [1.54, 1.807) is 13.0 Å². The third kappa shape index (κ3) is 2.99. The van der Waals surface area contributed by atoms with Gasteiger partial charge in [0.1, 0.15) is 5.54 Å². The second kappa shape index (κ2) is 6.67. The average molecular weight is 393 g/mol. The van der Waals surface area contributed by atoms with Gasteiger partial charge in [0, 0.05) is 16.0 Å². The molecule has 0 spiro atoms. The van der Waals surface area contributed by atoms with E-state index >= 15 is 0 Å². The molecule has 1 unspecified atom stereocenters. The maximum Gasteiger partial charge on any atom is 0.325 e. The third-order valence-electron chi connectivity index (χ3n) is 5.06. The van der Waals surface area contributed by atoms with Crippen molar-refractivity contribution in [2.45, 2.75) is 44.6 Å². The van der Waals surface area contributed by atoms with E-state index in [0.717, 1.165) is 41.5 Å². The number of carbonyl (C=O) groups is 3. The molecule has 2 fully saturated rings. The Morgan fingerprint density at radius 3 is 2.58 bits per heavy atom. The Morgan fingerprint density at radius 1 is 1.25 bits per heavy atom. The standard InChI is InChI=1S/C18H21BrN2O3/c1-18(13-9-5-6-10-14(13)19)16(23)21(17(24)20-18)11-15(22)12-7-3-2-4-8-12/h5-6,9-10,12H,2-4,7-8,11H2,1H3,(H,20,24). The maximum absolute atomic E-state index is 12.9. The summed E-state index contributed by atoms with van der Waals surface area (Å²) in [6, 6.07) is 6.80. The number of rotatable bonds is 4. The first-order valence-electron chi connectivity index (χ1n) is 8.35. The quantitative estimate of drug-likeness (QED) is 0.798. The lowest BCUT2D eigenvalue weighted by molar-refractivity contribution is -0.135. The molecule has 5 nitrogen and oxygen atoms in total. The number of urea groups is 1. The van der Waals surface area contributed by atoms with Crippen LogP contribution < -0.4 is 5.32 Å². The van der Waals surface area contributed by atoms with Gasteiger partial charge in [-0.3, -0.25) is 14.5 Å². The summed E-state index contributed by atoms with van der Waals surface area (Å²) >= 11 is 3.43. The second-order valence-corrected chi connectivity index (χ2v) is 7.58. The van der Waals surface area contributed by atoms with Gasteiger partial charge in [-0.1, -0.05) is 53.4 Å². The van der Waals surface area contributed by atoms with Gasteiger partial charge in [-0.2, -0.15) is 0 Å². The molecule has 1 aromatic carbocycles. The highest BCUT2D eigenvalue weighted by Crippen LogP contribution is 2.34. The van der Waals surface area contributed by atoms with Crippen LogP contribution in [0.15, 0.2) is 28.7 Å². The van der Waals surface area contributed by atoms with Crippen LogP contribution in [0.5, 0.6) is 0 Å². The molecular formula is C18H21BrN2O3. The molecule has 0 bridgehead atoms. The fraction of sp³-hybridized carbons (Fsp3) is 0.500. The molecule has 2 aliphatic rings. The molecule has 1 saturated heterocycles. The van der Waals surface area contributed by atoms with E-state index in [1.165, 1.54) is 0 Å². The summed E-state index contributed by atoms with van der Waals surface area (Å²) in [4.78, 5) is 38.8. The molecule has 1 atom stereocenters. The van der Waals surface area contributed by atoms with E-state index in [0.29, 0.717) is 5.56 Å². The van der Waals surface area contributed by atoms with Crippen molar-refractivity contribution in [1.82, 2.24) is 10.2 Å². The molecule has 1 heterocycles. The van der Waals surface area contributed by atoms with Gasteiger partial charge in [-0.05, 0) is 25.8 Å². The van der Waals surface area contributed by atoms with E-state index in [9.17, 15) is 14.4 Å². The van der Waals surface area contributed by atoms with E-state index < -0.39 is 11.6 Å². The number of hydrogen-bond donors (Lipinski definition) is 1. The first-order chi connectivity index (χ1) is 11.4. The second-order valence-electron chi connectivity index (χ2n) is 6.73. The van der Waals surface area contributed by atoms with Crippen LogP contribution in [-0.4, -0.2) is 29.2 Å². The van der Waals surface area contributed by atoms with Crippen molar-refractivity contribution in [1.29, 1.82) is 0 Å². The summed E-state index contributed by atoms with van der Waals surface area (Å²) in [7, 11) is 0. The van der Waals surface area contributed by atoms with Crippen LogP contribution in [0.3, 0.4) is 0 Å². The van der Waals surface area contributed by atoms with Gasteiger partial charge in [0.05, 0.1) is 6.54 Å². The summed E-state index contributed by atoms with van der Waals surface area (Å²) in [5, 5.41) is 2.75. The summed E-state index contributed by atoms with van der Waals surface area (Å²) in [5.41, 5.74) is -0.458. The SMILES string of the molecule is CC1(c2ccccc2Br)NC(=O)N(CC(=O)C2CCCCC2)C1=O. The van der Waals surface area contributed by atoms with E-state index in [-0.39, 0.29) is 24.2 Å². The minimum absolute atomic E-state index is 0.00502. The van der Waals surface area contributed by atoms with Crippen LogP contribution >= 0.6 is 15.9 Å². The highest BCUT2D eigenvalue weighted by Gasteiger charge is 2.50. The van der Waals surface area contributed by atoms with E-state index in [2.05, 4.69) is 21.2 Å². The number of imide groups is 1. The lowest BCUT2D eigenvalue weighted by atomic mass is 9.86. The number of nitrogens with zero attached hydrogens (tertiary/aromatic N) is 1. The minimum atomic E-state index is -1.15. The maximum atomic E-state index is 12.9. The molecule has 24 heavy (non-hydrogen) atoms. The first-order valence-corrected chi connectivity index (χ1v) is 9.14. The smallest absolute Gasteiger partial charge is 0.319 e. The van der Waals surface area contributed by atoms with Crippen molar-refractivity contribution in [2.24, 2.45) is 5.92 Å². The van der Waals surface area contributed by atoms with Gasteiger partial charge in [0.15, 0.2) is 5.78 Å². The Balaban J connectivity index is 1.79. The third-order valence-corrected chi connectivity index (χ3v) is 5.75. The van der Waals surface area contributed by atoms with Crippen LogP contribution in [0, 0.1) is 5.92 Å². The molecule has 128 valence electrons. The first kappa shape index (κ1) is 17.1. The normalized spacial score (nSPS) is 25.0. The van der Waals surface area contributed by atoms with E-state index in [4.69, 9.17) is 0 Å². The van der Waals surface area contributed by atoms with Crippen molar-refractivity contribution in [2.75, 3.05) is 6.54 Å². The molecule has 1 aliphatic carbocycles. The highest BCUT2D eigenvalue weighted by molar-refractivity contribution is 9.10. The molecular weight excluding hydrogens is 372 g/mol. The van der Waals surface area contributed by atoms with Gasteiger partial charge in [-0.15, -0.1) is 0 Å². The zero-order valence-corrected chi connectivity index (χ0v) is 15.3. The lowest BCUT2D eigenvalue weighted by Gasteiger charge is -2.24. The Kier molecular flexibility index (Phi) is 4.76. The fourth-order valence-corrected chi connectivity index (χ4v) is 4.28. The fourth-order valence-electron chi connectivity index (χ4n) is 3.60. The van der Waals surface area contributed by atoms with Crippen molar-refractivity contribution < 1.29 is 14.4 Å². The largest absolute Gasteiger partial charge is 0.325 e. The number of Topliss-reactive ketones (excluding diaryl/α,β-unsaturated/α-hetero) is 1. The number of benzene rings is 1. The topological polar surface area (TPSA) is 66.5 Å². The zero-order valence-electron chi connectivity index (χ0n) is 13.7. The van der Waals surface area contributed by atoms with Gasteiger partial charge in [0.2, 0.25) is 0 Å². The molecule has 0 radical (unpaired) electrons. The lowest BCUT2D eigenvalue weighted by Crippen LogP contribution is -2.42. The number of amides is 3. The van der Waals surface area contributed by atoms with E-state index in [1.807, 2.05) is 18.2 Å². The van der Waals surface area contributed by atoms with Crippen molar-refractivity contribution in [3.63, 3.8) is 0 Å². The number of halogens is 1. The van der Waals surface area contributed by atoms with Crippen molar-refractivity contribution in [3.8, 4) is 0 Å². The molecule has 0 aromatic heterocycles. The monoisotopic (exact) mass is 392 g/mol. The minimum Gasteiger partial charge on any atom is -0.319 e. The number of hydrogen-bond acceptors (Lipinski definition) is 3. The summed E-state index contributed by atoms with van der Waals surface area (Å²) in [6.45, 7) is 1.55. The summed E-state index contributed by atoms with van der Waals surface area (Å²) < 4.78 is 0.751. The van der Waals surface area contributed by atoms with Gasteiger partial charge < -0.3 is 5.32 Å². The Labute approximate surface area is 149 Å². The molecule has 3 rings (SSSR count). The molecule has 1 aliphatic heterocycles. The number of carbonyl (C=O) groups excluding carboxylic acids is 3. The van der Waals surface area contributed by atoms with Crippen LogP contribution in [0.2, 0.25) is 0 Å². The number of ketones is 1.